The molecule has 1 aromatic carbocycles. The molecule has 0 spiro atoms. The molecule has 4 nitrogen and oxygen atoms in total. The van der Waals surface area contributed by atoms with Crippen LogP contribution in [0.5, 0.6) is 0 Å². The molecule has 0 unspecified atom stereocenters. The number of ether oxygens (including phenoxy) is 2. The highest BCUT2D eigenvalue weighted by Gasteiger charge is 2.11. The Balaban J connectivity index is 2.03. The summed E-state index contributed by atoms with van der Waals surface area (Å²) in [6.07, 6.45) is 6.17. The van der Waals surface area contributed by atoms with Crippen molar-refractivity contribution in [3.05, 3.63) is 35.4 Å². The van der Waals surface area contributed by atoms with E-state index in [1.807, 2.05) is 0 Å². The van der Waals surface area contributed by atoms with Gasteiger partial charge in [-0.1, -0.05) is 25.7 Å². The van der Waals surface area contributed by atoms with Gasteiger partial charge in [0.05, 0.1) is 24.3 Å². The van der Waals surface area contributed by atoms with Gasteiger partial charge in [0.2, 0.25) is 0 Å². The Hall–Kier alpha value is -1.84. The van der Waals surface area contributed by atoms with E-state index in [2.05, 4.69) is 0 Å². The van der Waals surface area contributed by atoms with E-state index in [9.17, 15) is 9.59 Å². The average Bonchev–Trinajstić information content (AvgIpc) is 2.48. The minimum absolute atomic E-state index is 0.336. The van der Waals surface area contributed by atoms with Crippen molar-refractivity contribution < 1.29 is 19.1 Å². The molecule has 0 amide bonds. The van der Waals surface area contributed by atoms with Crippen molar-refractivity contribution in [2.45, 2.75) is 38.5 Å². The van der Waals surface area contributed by atoms with Gasteiger partial charge in [0.1, 0.15) is 0 Å². The zero-order valence-corrected chi connectivity index (χ0v) is 11.6. The molecule has 0 aromatic heterocycles. The maximum absolute atomic E-state index is 11.8. The number of carbonyl (C=O) groups excluding carboxylic acids is 2. The van der Waals surface area contributed by atoms with E-state index in [4.69, 9.17) is 9.47 Å². The summed E-state index contributed by atoms with van der Waals surface area (Å²) in [5, 5.41) is 0. The van der Waals surface area contributed by atoms with Gasteiger partial charge in [-0.25, -0.2) is 9.59 Å². The maximum Gasteiger partial charge on any atom is 0.338 e. The molecule has 0 aliphatic carbocycles. The van der Waals surface area contributed by atoms with Gasteiger partial charge in [0, 0.05) is 0 Å². The first-order chi connectivity index (χ1) is 9.77. The number of benzene rings is 1. The Morgan fingerprint density at radius 1 is 0.600 bits per heavy atom. The fourth-order valence-electron chi connectivity index (χ4n) is 2.15. The first-order valence-corrected chi connectivity index (χ1v) is 7.22. The predicted octanol–water partition coefficient (Wildman–Crippen LogP) is 3.35. The summed E-state index contributed by atoms with van der Waals surface area (Å²) >= 11 is 0. The van der Waals surface area contributed by atoms with Gasteiger partial charge in [0.25, 0.3) is 0 Å². The van der Waals surface area contributed by atoms with Crippen LogP contribution in [0.25, 0.3) is 0 Å². The van der Waals surface area contributed by atoms with Crippen LogP contribution in [0.4, 0.5) is 0 Å². The lowest BCUT2D eigenvalue weighted by molar-refractivity contribution is 0.0479. The van der Waals surface area contributed by atoms with Gasteiger partial charge >= 0.3 is 11.9 Å². The third-order valence-corrected chi connectivity index (χ3v) is 3.36. The molecule has 20 heavy (non-hydrogen) atoms. The first-order valence-electron chi connectivity index (χ1n) is 7.22. The fraction of sp³-hybridized carbons (Fsp3) is 0.500. The SMILES string of the molecule is O=C1OCCCCCCCCOC(=O)c2ccc1cc2. The topological polar surface area (TPSA) is 52.6 Å². The normalized spacial score (nSPS) is 18.4. The molecule has 0 fully saturated rings. The zero-order chi connectivity index (χ0) is 14.2. The summed E-state index contributed by atoms with van der Waals surface area (Å²) in [7, 11) is 0. The second-order valence-corrected chi connectivity index (χ2v) is 4.97. The molecule has 0 saturated carbocycles. The van der Waals surface area contributed by atoms with Crippen molar-refractivity contribution in [1.82, 2.24) is 0 Å². The molecule has 108 valence electrons. The molecule has 0 N–H and O–H groups in total. The molecule has 0 radical (unpaired) electrons. The van der Waals surface area contributed by atoms with Crippen LogP contribution in [0, 0.1) is 0 Å². The number of fused-ring (bicyclic) bond motifs is 13. The van der Waals surface area contributed by atoms with Gasteiger partial charge in [-0.2, -0.15) is 0 Å². The van der Waals surface area contributed by atoms with Crippen LogP contribution in [0.3, 0.4) is 0 Å². The van der Waals surface area contributed by atoms with Crippen LogP contribution < -0.4 is 0 Å². The summed E-state index contributed by atoms with van der Waals surface area (Å²) in [4.78, 5) is 23.5. The van der Waals surface area contributed by atoms with Crippen molar-refractivity contribution in [3.8, 4) is 0 Å². The summed E-state index contributed by atoms with van der Waals surface area (Å²) in [5.41, 5.74) is 0.933. The Bertz CT molecular complexity index is 407. The van der Waals surface area contributed by atoms with Crippen molar-refractivity contribution in [2.24, 2.45) is 0 Å². The number of carbonyl (C=O) groups is 2. The third-order valence-electron chi connectivity index (χ3n) is 3.36. The van der Waals surface area contributed by atoms with E-state index in [1.165, 1.54) is 0 Å². The number of rotatable bonds is 0. The zero-order valence-electron chi connectivity index (χ0n) is 11.6. The molecule has 2 aliphatic rings. The Morgan fingerprint density at radius 2 is 0.950 bits per heavy atom. The van der Waals surface area contributed by atoms with Gasteiger partial charge < -0.3 is 9.47 Å². The van der Waals surface area contributed by atoms with Crippen LogP contribution in [0.1, 0.15) is 59.2 Å². The number of hydrogen-bond acceptors (Lipinski definition) is 4. The van der Waals surface area contributed by atoms with Crippen molar-refractivity contribution in [3.63, 3.8) is 0 Å². The molecule has 1 aromatic rings. The molecule has 2 heterocycles. The molecule has 0 saturated heterocycles. The number of esters is 2. The second-order valence-electron chi connectivity index (χ2n) is 4.97. The Labute approximate surface area is 119 Å². The highest BCUT2D eigenvalue weighted by Crippen LogP contribution is 2.11. The smallest absolute Gasteiger partial charge is 0.338 e. The largest absolute Gasteiger partial charge is 0.462 e. The van der Waals surface area contributed by atoms with E-state index in [0.29, 0.717) is 24.3 Å². The van der Waals surface area contributed by atoms with Gasteiger partial charge in [0.15, 0.2) is 0 Å². The van der Waals surface area contributed by atoms with Gasteiger partial charge in [-0.15, -0.1) is 0 Å². The van der Waals surface area contributed by atoms with Crippen LogP contribution >= 0.6 is 0 Å². The maximum atomic E-state index is 11.8. The van der Waals surface area contributed by atoms with Crippen LogP contribution in [0.15, 0.2) is 24.3 Å². The standard InChI is InChI=1S/C16H20O4/c17-15-13-7-9-14(10-8-13)16(18)20-12-6-4-2-1-3-5-11-19-15/h7-10H,1-6,11-12H2. The molecular weight excluding hydrogens is 256 g/mol. The summed E-state index contributed by atoms with van der Waals surface area (Å²) < 4.78 is 10.4. The van der Waals surface area contributed by atoms with Crippen LogP contribution in [-0.2, 0) is 9.47 Å². The monoisotopic (exact) mass is 276 g/mol. The molecule has 3 rings (SSSR count). The van der Waals surface area contributed by atoms with Crippen molar-refractivity contribution in [1.29, 1.82) is 0 Å². The highest BCUT2D eigenvalue weighted by molar-refractivity contribution is 5.93. The average molecular weight is 276 g/mol. The minimum atomic E-state index is -0.336. The lowest BCUT2D eigenvalue weighted by Gasteiger charge is -2.08. The molecular formula is C16H20O4. The lowest BCUT2D eigenvalue weighted by atomic mass is 10.1. The first kappa shape index (κ1) is 14.6. The van der Waals surface area contributed by atoms with E-state index in [0.717, 1.165) is 38.5 Å². The van der Waals surface area contributed by atoms with Crippen molar-refractivity contribution in [2.75, 3.05) is 13.2 Å². The van der Waals surface area contributed by atoms with Crippen molar-refractivity contribution >= 4 is 11.9 Å². The molecule has 2 bridgehead atoms. The van der Waals surface area contributed by atoms with E-state index in [1.54, 1.807) is 24.3 Å². The minimum Gasteiger partial charge on any atom is -0.462 e. The van der Waals surface area contributed by atoms with E-state index >= 15 is 0 Å². The number of hydrogen-bond donors (Lipinski definition) is 0. The molecule has 4 heteroatoms. The van der Waals surface area contributed by atoms with E-state index < -0.39 is 0 Å². The highest BCUT2D eigenvalue weighted by atomic mass is 16.5. The molecule has 2 aliphatic heterocycles. The molecule has 0 atom stereocenters. The predicted molar refractivity (Wildman–Crippen MR) is 74.7 cm³/mol. The van der Waals surface area contributed by atoms with Crippen LogP contribution in [0.2, 0.25) is 0 Å². The van der Waals surface area contributed by atoms with E-state index in [-0.39, 0.29) is 11.9 Å². The second kappa shape index (κ2) is 7.68. The summed E-state index contributed by atoms with van der Waals surface area (Å²) in [5.74, 6) is -0.672. The summed E-state index contributed by atoms with van der Waals surface area (Å²) in [6.45, 7) is 0.922. The Kier molecular flexibility index (Phi) is 5.59. The summed E-state index contributed by atoms with van der Waals surface area (Å²) in [6, 6.07) is 6.41. The third kappa shape index (κ3) is 4.37. The van der Waals surface area contributed by atoms with Crippen LogP contribution in [-0.4, -0.2) is 25.2 Å². The van der Waals surface area contributed by atoms with Gasteiger partial charge in [-0.3, -0.25) is 0 Å². The lowest BCUT2D eigenvalue weighted by Crippen LogP contribution is -2.09. The van der Waals surface area contributed by atoms with Gasteiger partial charge in [-0.05, 0) is 37.1 Å². The quantitative estimate of drug-likeness (QED) is 0.682. The fourth-order valence-corrected chi connectivity index (χ4v) is 2.15. The Morgan fingerprint density at radius 3 is 1.35 bits per heavy atom.